The van der Waals surface area contributed by atoms with Gasteiger partial charge in [0.2, 0.25) is 5.91 Å². The van der Waals surface area contributed by atoms with E-state index in [4.69, 9.17) is 0 Å². The Labute approximate surface area is 124 Å². The summed E-state index contributed by atoms with van der Waals surface area (Å²) in [6.45, 7) is 10.8. The van der Waals surface area contributed by atoms with Crippen LogP contribution in [0.25, 0.3) is 0 Å². The molecule has 2 N–H and O–H groups in total. The first kappa shape index (κ1) is 18.7. The molecule has 0 aliphatic carbocycles. The fourth-order valence-electron chi connectivity index (χ4n) is 2.99. The lowest BCUT2D eigenvalue weighted by atomic mass is 9.84. The fraction of sp³-hybridized carbons (Fsp3) is 0.933. The standard InChI is InChI=1S/C15H30N2O.ClH/c1-5-8-15(3,4)17-14(18)11-12(2)13-6-9-16-10-7-13;/h12-13,16H,5-11H2,1-4H3,(H,17,18);1H. The summed E-state index contributed by atoms with van der Waals surface area (Å²) < 4.78 is 0. The number of rotatable bonds is 6. The van der Waals surface area contributed by atoms with Crippen molar-refractivity contribution in [3.05, 3.63) is 0 Å². The Morgan fingerprint density at radius 2 is 1.95 bits per heavy atom. The maximum atomic E-state index is 12.1. The lowest BCUT2D eigenvalue weighted by molar-refractivity contribution is -0.124. The maximum Gasteiger partial charge on any atom is 0.220 e. The summed E-state index contributed by atoms with van der Waals surface area (Å²) in [5.41, 5.74) is -0.0559. The smallest absolute Gasteiger partial charge is 0.220 e. The summed E-state index contributed by atoms with van der Waals surface area (Å²) in [7, 11) is 0. The lowest BCUT2D eigenvalue weighted by Gasteiger charge is -2.30. The highest BCUT2D eigenvalue weighted by Gasteiger charge is 2.24. The second-order valence-corrected chi connectivity index (χ2v) is 6.45. The topological polar surface area (TPSA) is 41.1 Å². The Morgan fingerprint density at radius 1 is 1.37 bits per heavy atom. The summed E-state index contributed by atoms with van der Waals surface area (Å²) in [4.78, 5) is 12.1. The Balaban J connectivity index is 0.00000324. The van der Waals surface area contributed by atoms with Crippen LogP contribution in [0.3, 0.4) is 0 Å². The molecular weight excluding hydrogens is 260 g/mol. The number of halogens is 1. The highest BCUT2D eigenvalue weighted by molar-refractivity contribution is 5.85. The highest BCUT2D eigenvalue weighted by atomic mass is 35.5. The van der Waals surface area contributed by atoms with Crippen LogP contribution in [0, 0.1) is 11.8 Å². The second kappa shape index (κ2) is 8.80. The third-order valence-corrected chi connectivity index (χ3v) is 4.05. The molecule has 1 heterocycles. The van der Waals surface area contributed by atoms with Gasteiger partial charge in [0.15, 0.2) is 0 Å². The van der Waals surface area contributed by atoms with Crippen molar-refractivity contribution < 1.29 is 4.79 Å². The van der Waals surface area contributed by atoms with Crippen LogP contribution < -0.4 is 10.6 Å². The predicted molar refractivity (Wildman–Crippen MR) is 83.8 cm³/mol. The molecule has 0 aromatic heterocycles. The van der Waals surface area contributed by atoms with Gasteiger partial charge in [0.25, 0.3) is 0 Å². The quantitative estimate of drug-likeness (QED) is 0.789. The van der Waals surface area contributed by atoms with Gasteiger partial charge in [0, 0.05) is 12.0 Å². The molecule has 1 atom stereocenters. The monoisotopic (exact) mass is 290 g/mol. The van der Waals surface area contributed by atoms with Crippen LogP contribution in [-0.4, -0.2) is 24.5 Å². The van der Waals surface area contributed by atoms with E-state index in [1.807, 2.05) is 0 Å². The zero-order chi connectivity index (χ0) is 13.6. The molecule has 3 nitrogen and oxygen atoms in total. The van der Waals surface area contributed by atoms with Crippen LogP contribution in [0.15, 0.2) is 0 Å². The molecule has 1 fully saturated rings. The molecule has 1 amide bonds. The SMILES string of the molecule is CCCC(C)(C)NC(=O)CC(C)C1CCNCC1.Cl. The summed E-state index contributed by atoms with van der Waals surface area (Å²) >= 11 is 0. The molecule has 0 aromatic carbocycles. The van der Waals surface area contributed by atoms with Gasteiger partial charge in [-0.15, -0.1) is 12.4 Å². The largest absolute Gasteiger partial charge is 0.351 e. The molecule has 1 unspecified atom stereocenters. The Hall–Kier alpha value is -0.280. The average Bonchev–Trinajstić information content (AvgIpc) is 2.28. The second-order valence-electron chi connectivity index (χ2n) is 6.45. The van der Waals surface area contributed by atoms with Gasteiger partial charge in [-0.25, -0.2) is 0 Å². The van der Waals surface area contributed by atoms with E-state index in [0.29, 0.717) is 18.3 Å². The van der Waals surface area contributed by atoms with Crippen molar-refractivity contribution in [2.45, 2.75) is 65.3 Å². The van der Waals surface area contributed by atoms with Crippen LogP contribution in [0.4, 0.5) is 0 Å². The average molecular weight is 291 g/mol. The maximum absolute atomic E-state index is 12.1. The molecule has 19 heavy (non-hydrogen) atoms. The molecule has 0 spiro atoms. The molecule has 1 rings (SSSR count). The zero-order valence-electron chi connectivity index (χ0n) is 12.9. The Bertz CT molecular complexity index is 263. The zero-order valence-corrected chi connectivity index (χ0v) is 13.7. The van der Waals surface area contributed by atoms with E-state index in [9.17, 15) is 4.79 Å². The molecule has 114 valence electrons. The van der Waals surface area contributed by atoms with E-state index < -0.39 is 0 Å². The molecular formula is C15H31ClN2O. The van der Waals surface area contributed by atoms with E-state index in [1.54, 1.807) is 0 Å². The third-order valence-electron chi connectivity index (χ3n) is 4.05. The van der Waals surface area contributed by atoms with Crippen molar-refractivity contribution in [1.29, 1.82) is 0 Å². The minimum atomic E-state index is -0.0559. The Kier molecular flexibility index (Phi) is 8.67. The van der Waals surface area contributed by atoms with Crippen molar-refractivity contribution >= 4 is 18.3 Å². The summed E-state index contributed by atoms with van der Waals surface area (Å²) in [6, 6.07) is 0. The van der Waals surface area contributed by atoms with Crippen LogP contribution >= 0.6 is 12.4 Å². The highest BCUT2D eigenvalue weighted by Crippen LogP contribution is 2.24. The molecule has 0 aromatic rings. The van der Waals surface area contributed by atoms with Crippen molar-refractivity contribution in [2.24, 2.45) is 11.8 Å². The van der Waals surface area contributed by atoms with E-state index >= 15 is 0 Å². The Morgan fingerprint density at radius 3 is 2.47 bits per heavy atom. The molecule has 0 saturated carbocycles. The van der Waals surface area contributed by atoms with Crippen molar-refractivity contribution in [3.63, 3.8) is 0 Å². The van der Waals surface area contributed by atoms with Crippen LogP contribution in [-0.2, 0) is 4.79 Å². The summed E-state index contributed by atoms with van der Waals surface area (Å²) in [6.07, 6.45) is 5.26. The van der Waals surface area contributed by atoms with Gasteiger partial charge >= 0.3 is 0 Å². The first-order chi connectivity index (χ1) is 8.44. The number of piperidine rings is 1. The first-order valence-electron chi connectivity index (χ1n) is 7.46. The van der Waals surface area contributed by atoms with Crippen LogP contribution in [0.1, 0.15) is 59.8 Å². The van der Waals surface area contributed by atoms with Gasteiger partial charge in [-0.2, -0.15) is 0 Å². The number of carbonyl (C=O) groups excluding carboxylic acids is 1. The third kappa shape index (κ3) is 7.17. The van der Waals surface area contributed by atoms with E-state index in [1.165, 1.54) is 12.8 Å². The van der Waals surface area contributed by atoms with Gasteiger partial charge in [0.05, 0.1) is 0 Å². The summed E-state index contributed by atoms with van der Waals surface area (Å²) in [5, 5.41) is 6.55. The van der Waals surface area contributed by atoms with Crippen LogP contribution in [0.5, 0.6) is 0 Å². The predicted octanol–water partition coefficient (Wildman–Crippen LogP) is 3.13. The normalized spacial score (nSPS) is 18.5. The molecule has 0 bridgehead atoms. The number of amides is 1. The van der Waals surface area contributed by atoms with Gasteiger partial charge in [-0.3, -0.25) is 4.79 Å². The molecule has 4 heteroatoms. The van der Waals surface area contributed by atoms with Crippen molar-refractivity contribution in [3.8, 4) is 0 Å². The molecule has 0 radical (unpaired) electrons. The van der Waals surface area contributed by atoms with E-state index in [2.05, 4.69) is 38.3 Å². The van der Waals surface area contributed by atoms with Gasteiger partial charge < -0.3 is 10.6 Å². The molecule has 1 aliphatic heterocycles. The molecule has 1 aliphatic rings. The van der Waals surface area contributed by atoms with Gasteiger partial charge in [0.1, 0.15) is 0 Å². The number of hydrogen-bond acceptors (Lipinski definition) is 2. The number of nitrogens with one attached hydrogen (secondary N) is 2. The minimum Gasteiger partial charge on any atom is -0.351 e. The number of carbonyl (C=O) groups is 1. The molecule has 1 saturated heterocycles. The van der Waals surface area contributed by atoms with Gasteiger partial charge in [-0.05, 0) is 58.0 Å². The van der Waals surface area contributed by atoms with Crippen LogP contribution in [0.2, 0.25) is 0 Å². The minimum absolute atomic E-state index is 0. The van der Waals surface area contributed by atoms with Crippen molar-refractivity contribution in [2.75, 3.05) is 13.1 Å². The van der Waals surface area contributed by atoms with Gasteiger partial charge in [-0.1, -0.05) is 20.3 Å². The van der Waals surface area contributed by atoms with E-state index in [-0.39, 0.29) is 23.9 Å². The first-order valence-corrected chi connectivity index (χ1v) is 7.46. The summed E-state index contributed by atoms with van der Waals surface area (Å²) in [5.74, 6) is 1.44. The number of hydrogen-bond donors (Lipinski definition) is 2. The van der Waals surface area contributed by atoms with Crippen molar-refractivity contribution in [1.82, 2.24) is 10.6 Å². The fourth-order valence-corrected chi connectivity index (χ4v) is 2.99. The lowest BCUT2D eigenvalue weighted by Crippen LogP contribution is -2.44. The van der Waals surface area contributed by atoms with E-state index in [0.717, 1.165) is 25.9 Å².